The molecule has 2 rings (SSSR count). The highest BCUT2D eigenvalue weighted by molar-refractivity contribution is 6.20. The average Bonchev–Trinajstić information content (AvgIpc) is 2.67. The zero-order chi connectivity index (χ0) is 17.4. The van der Waals surface area contributed by atoms with Crippen LogP contribution in [0.25, 0.3) is 0 Å². The van der Waals surface area contributed by atoms with E-state index in [0.717, 1.165) is 0 Å². The molecule has 0 unspecified atom stereocenters. The van der Waals surface area contributed by atoms with E-state index in [9.17, 15) is 14.4 Å². The molecule has 2 amide bonds. The molecule has 0 radical (unpaired) electrons. The van der Waals surface area contributed by atoms with Crippen molar-refractivity contribution in [1.29, 1.82) is 0 Å². The van der Waals surface area contributed by atoms with Crippen LogP contribution in [0.4, 0.5) is 0 Å². The largest absolute Gasteiger partial charge is 0.458 e. The SMILES string of the molecule is CC(C)[C@@H](ON1C(=O)c2ccccc2C1=O)C(=O)OC(C)(C)C. The normalized spacial score (nSPS) is 15.8. The maximum Gasteiger partial charge on any atom is 0.338 e. The number of esters is 1. The van der Waals surface area contributed by atoms with Crippen molar-refractivity contribution < 1.29 is 24.0 Å². The van der Waals surface area contributed by atoms with Crippen LogP contribution < -0.4 is 0 Å². The van der Waals surface area contributed by atoms with E-state index in [-0.39, 0.29) is 17.0 Å². The summed E-state index contributed by atoms with van der Waals surface area (Å²) in [5.41, 5.74) is -0.149. The van der Waals surface area contributed by atoms with Gasteiger partial charge in [-0.2, -0.15) is 0 Å². The highest BCUT2D eigenvalue weighted by Crippen LogP contribution is 2.25. The van der Waals surface area contributed by atoms with Crippen molar-refractivity contribution in [2.75, 3.05) is 0 Å². The lowest BCUT2D eigenvalue weighted by Gasteiger charge is -2.27. The van der Waals surface area contributed by atoms with E-state index < -0.39 is 29.5 Å². The number of hydroxylamine groups is 2. The minimum Gasteiger partial charge on any atom is -0.458 e. The zero-order valence-electron chi connectivity index (χ0n) is 14.0. The number of hydrogen-bond donors (Lipinski definition) is 0. The van der Waals surface area contributed by atoms with Gasteiger partial charge in [-0.1, -0.05) is 26.0 Å². The van der Waals surface area contributed by atoms with E-state index in [4.69, 9.17) is 9.57 Å². The number of ether oxygens (including phenoxy) is 1. The van der Waals surface area contributed by atoms with Gasteiger partial charge in [0.15, 0.2) is 6.10 Å². The molecule has 23 heavy (non-hydrogen) atoms. The molecule has 0 fully saturated rings. The van der Waals surface area contributed by atoms with Crippen molar-refractivity contribution in [3.63, 3.8) is 0 Å². The number of nitrogens with zero attached hydrogens (tertiary/aromatic N) is 1. The minimum absolute atomic E-state index is 0.268. The van der Waals surface area contributed by atoms with Gasteiger partial charge < -0.3 is 4.74 Å². The Balaban J connectivity index is 2.21. The lowest BCUT2D eigenvalue weighted by atomic mass is 10.1. The third-order valence-corrected chi connectivity index (χ3v) is 3.22. The Hall–Kier alpha value is -2.21. The molecule has 1 aliphatic heterocycles. The Labute approximate surface area is 135 Å². The van der Waals surface area contributed by atoms with Crippen molar-refractivity contribution in [3.05, 3.63) is 35.4 Å². The van der Waals surface area contributed by atoms with E-state index in [0.29, 0.717) is 5.06 Å². The van der Waals surface area contributed by atoms with Crippen LogP contribution in [0.5, 0.6) is 0 Å². The van der Waals surface area contributed by atoms with Gasteiger partial charge in [0.1, 0.15) is 5.60 Å². The monoisotopic (exact) mass is 319 g/mol. The molecule has 0 saturated carbocycles. The summed E-state index contributed by atoms with van der Waals surface area (Å²) in [5.74, 6) is -2.02. The van der Waals surface area contributed by atoms with Crippen LogP contribution in [0.1, 0.15) is 55.3 Å². The van der Waals surface area contributed by atoms with E-state index in [1.54, 1.807) is 58.9 Å². The molecule has 0 saturated heterocycles. The van der Waals surface area contributed by atoms with Crippen molar-refractivity contribution in [2.45, 2.75) is 46.3 Å². The van der Waals surface area contributed by atoms with Gasteiger partial charge in [0.05, 0.1) is 11.1 Å². The fraction of sp³-hybridized carbons (Fsp3) is 0.471. The molecule has 0 N–H and O–H groups in total. The van der Waals surface area contributed by atoms with Crippen molar-refractivity contribution in [2.24, 2.45) is 5.92 Å². The van der Waals surface area contributed by atoms with Crippen LogP contribution >= 0.6 is 0 Å². The summed E-state index contributed by atoms with van der Waals surface area (Å²) in [6.45, 7) is 8.73. The van der Waals surface area contributed by atoms with Crippen LogP contribution in [-0.4, -0.2) is 34.6 Å². The average molecular weight is 319 g/mol. The number of fused-ring (bicyclic) bond motifs is 1. The third-order valence-electron chi connectivity index (χ3n) is 3.22. The summed E-state index contributed by atoms with van der Waals surface area (Å²) in [6.07, 6.45) is -1.04. The van der Waals surface area contributed by atoms with Gasteiger partial charge in [-0.05, 0) is 38.8 Å². The first kappa shape index (κ1) is 17.1. The molecule has 1 heterocycles. The first-order valence-corrected chi connectivity index (χ1v) is 7.49. The molecular weight excluding hydrogens is 298 g/mol. The summed E-state index contributed by atoms with van der Waals surface area (Å²) in [5, 5.41) is 0.652. The fourth-order valence-electron chi connectivity index (χ4n) is 2.17. The van der Waals surface area contributed by atoms with Crippen molar-refractivity contribution in [1.82, 2.24) is 5.06 Å². The predicted octanol–water partition coefficient (Wildman–Crippen LogP) is 2.58. The number of rotatable bonds is 4. The molecule has 0 spiro atoms. The van der Waals surface area contributed by atoms with Gasteiger partial charge in [0.2, 0.25) is 0 Å². The van der Waals surface area contributed by atoms with Crippen LogP contribution in [0.2, 0.25) is 0 Å². The van der Waals surface area contributed by atoms with E-state index in [2.05, 4.69) is 0 Å². The third kappa shape index (κ3) is 3.59. The Kier molecular flexibility index (Phi) is 4.56. The molecular formula is C17H21NO5. The maximum atomic E-state index is 12.3. The quantitative estimate of drug-likeness (QED) is 0.630. The summed E-state index contributed by atoms with van der Waals surface area (Å²) >= 11 is 0. The van der Waals surface area contributed by atoms with Gasteiger partial charge >= 0.3 is 5.97 Å². The molecule has 1 aromatic rings. The second kappa shape index (κ2) is 6.12. The molecule has 6 heteroatoms. The van der Waals surface area contributed by atoms with E-state index in [1.165, 1.54) is 0 Å². The number of carbonyl (C=O) groups excluding carboxylic acids is 3. The van der Waals surface area contributed by atoms with Crippen LogP contribution in [0.3, 0.4) is 0 Å². The van der Waals surface area contributed by atoms with Crippen molar-refractivity contribution in [3.8, 4) is 0 Å². The number of imide groups is 1. The maximum absolute atomic E-state index is 12.3. The molecule has 124 valence electrons. The highest BCUT2D eigenvalue weighted by atomic mass is 16.7. The first-order valence-electron chi connectivity index (χ1n) is 7.49. The van der Waals surface area contributed by atoms with Crippen LogP contribution in [0, 0.1) is 5.92 Å². The minimum atomic E-state index is -1.04. The number of amides is 2. The highest BCUT2D eigenvalue weighted by Gasteiger charge is 2.41. The van der Waals surface area contributed by atoms with Gasteiger partial charge in [0.25, 0.3) is 11.8 Å². The Morgan fingerprint density at radius 1 is 1.04 bits per heavy atom. The van der Waals surface area contributed by atoms with Gasteiger partial charge in [0, 0.05) is 0 Å². The van der Waals surface area contributed by atoms with Gasteiger partial charge in [-0.25, -0.2) is 9.63 Å². The molecule has 0 aromatic heterocycles. The summed E-state index contributed by atoms with van der Waals surface area (Å²) in [6, 6.07) is 6.44. The second-order valence-corrected chi connectivity index (χ2v) is 6.75. The number of hydrogen-bond acceptors (Lipinski definition) is 5. The predicted molar refractivity (Wildman–Crippen MR) is 82.5 cm³/mol. The van der Waals surface area contributed by atoms with Crippen LogP contribution in [0.15, 0.2) is 24.3 Å². The fourth-order valence-corrected chi connectivity index (χ4v) is 2.17. The van der Waals surface area contributed by atoms with Crippen molar-refractivity contribution >= 4 is 17.8 Å². The standard InChI is InChI=1S/C17H21NO5/c1-10(2)13(16(21)22-17(3,4)5)23-18-14(19)11-8-6-7-9-12(11)15(18)20/h6-10,13H,1-5H3/t13-/m1/s1. The molecule has 1 atom stereocenters. The zero-order valence-corrected chi connectivity index (χ0v) is 14.0. The summed E-state index contributed by atoms with van der Waals surface area (Å²) < 4.78 is 5.31. The van der Waals surface area contributed by atoms with E-state index >= 15 is 0 Å². The lowest BCUT2D eigenvalue weighted by molar-refractivity contribution is -0.195. The lowest BCUT2D eigenvalue weighted by Crippen LogP contribution is -2.43. The molecule has 1 aromatic carbocycles. The molecule has 1 aliphatic rings. The molecule has 0 bridgehead atoms. The smallest absolute Gasteiger partial charge is 0.338 e. The molecule has 6 nitrogen and oxygen atoms in total. The Bertz CT molecular complexity index is 610. The second-order valence-electron chi connectivity index (χ2n) is 6.75. The Morgan fingerprint density at radius 2 is 1.52 bits per heavy atom. The van der Waals surface area contributed by atoms with E-state index in [1.807, 2.05) is 0 Å². The number of benzene rings is 1. The first-order chi connectivity index (χ1) is 10.6. The van der Waals surface area contributed by atoms with Crippen LogP contribution in [-0.2, 0) is 14.4 Å². The van der Waals surface area contributed by atoms with Gasteiger partial charge in [-0.15, -0.1) is 5.06 Å². The topological polar surface area (TPSA) is 72.9 Å². The summed E-state index contributed by atoms with van der Waals surface area (Å²) in [4.78, 5) is 42.3. The molecule has 0 aliphatic carbocycles. The Morgan fingerprint density at radius 3 is 1.91 bits per heavy atom. The van der Waals surface area contributed by atoms with Gasteiger partial charge in [-0.3, -0.25) is 9.59 Å². The summed E-state index contributed by atoms with van der Waals surface area (Å²) in [7, 11) is 0. The number of carbonyl (C=O) groups is 3.